The van der Waals surface area contributed by atoms with Crippen LogP contribution in [-0.2, 0) is 6.18 Å². The molecule has 0 spiro atoms. The smallest absolute Gasteiger partial charge is 0.349 e. The van der Waals surface area contributed by atoms with Gasteiger partial charge >= 0.3 is 6.18 Å². The van der Waals surface area contributed by atoms with E-state index in [2.05, 4.69) is 5.32 Å². The SMILES string of the molecule is O=C(NC1CC2CC1CN2C(=O)c1ccccc1C(F)(F)F)c1ccccc1. The van der Waals surface area contributed by atoms with Gasteiger partial charge in [-0.1, -0.05) is 30.3 Å². The summed E-state index contributed by atoms with van der Waals surface area (Å²) in [6.07, 6.45) is -3.32. The summed E-state index contributed by atoms with van der Waals surface area (Å²) in [4.78, 5) is 26.7. The molecule has 2 aromatic carbocycles. The maximum atomic E-state index is 13.2. The molecule has 1 saturated heterocycles. The Balaban J connectivity index is 1.45. The molecule has 7 heteroatoms. The highest BCUT2D eigenvalue weighted by Crippen LogP contribution is 2.40. The fraction of sp³-hybridized carbons (Fsp3) is 0.333. The molecule has 0 aromatic heterocycles. The molecule has 2 fully saturated rings. The van der Waals surface area contributed by atoms with E-state index in [0.29, 0.717) is 24.9 Å². The minimum Gasteiger partial charge on any atom is -0.349 e. The Hall–Kier alpha value is -2.83. The zero-order valence-electron chi connectivity index (χ0n) is 14.9. The standard InChI is InChI=1S/C21H19F3N2O2/c22-21(23,24)17-9-5-4-8-16(17)20(28)26-12-14-10-15(26)11-18(14)25-19(27)13-6-2-1-3-7-13/h1-9,14-15,18H,10-12H2,(H,25,27). The number of alkyl halides is 3. The molecule has 1 heterocycles. The molecule has 1 aliphatic carbocycles. The van der Waals surface area contributed by atoms with Crippen molar-refractivity contribution in [3.63, 3.8) is 0 Å². The van der Waals surface area contributed by atoms with E-state index in [1.54, 1.807) is 24.3 Å². The van der Waals surface area contributed by atoms with Crippen molar-refractivity contribution in [3.05, 3.63) is 71.3 Å². The van der Waals surface area contributed by atoms with Gasteiger partial charge in [-0.3, -0.25) is 9.59 Å². The summed E-state index contributed by atoms with van der Waals surface area (Å²) in [5.74, 6) is -0.702. The minimum atomic E-state index is -4.57. The first-order chi connectivity index (χ1) is 13.3. The number of halogens is 3. The summed E-state index contributed by atoms with van der Waals surface area (Å²) >= 11 is 0. The van der Waals surface area contributed by atoms with Gasteiger partial charge in [0, 0.05) is 24.2 Å². The first-order valence-electron chi connectivity index (χ1n) is 9.17. The molecule has 3 atom stereocenters. The lowest BCUT2D eigenvalue weighted by Crippen LogP contribution is -2.48. The maximum absolute atomic E-state index is 13.2. The molecule has 2 aromatic rings. The second kappa shape index (κ2) is 6.96. The van der Waals surface area contributed by atoms with Crippen LogP contribution >= 0.6 is 0 Å². The van der Waals surface area contributed by atoms with Crippen molar-refractivity contribution in [1.82, 2.24) is 10.2 Å². The maximum Gasteiger partial charge on any atom is 0.417 e. The molecule has 3 unspecified atom stereocenters. The third-order valence-corrected chi connectivity index (χ3v) is 5.62. The Bertz CT molecular complexity index is 898. The van der Waals surface area contributed by atoms with Crippen LogP contribution in [0, 0.1) is 5.92 Å². The fourth-order valence-electron chi connectivity index (χ4n) is 4.29. The molecule has 1 aliphatic heterocycles. The summed E-state index contributed by atoms with van der Waals surface area (Å²) in [5, 5.41) is 3.00. The van der Waals surface area contributed by atoms with Crippen molar-refractivity contribution in [2.45, 2.75) is 31.1 Å². The number of hydrogen-bond donors (Lipinski definition) is 1. The Kier molecular flexibility index (Phi) is 4.61. The van der Waals surface area contributed by atoms with Crippen LogP contribution < -0.4 is 5.32 Å². The summed E-state index contributed by atoms with van der Waals surface area (Å²) in [6, 6.07) is 13.5. The first-order valence-corrected chi connectivity index (χ1v) is 9.17. The number of carbonyl (C=O) groups excluding carboxylic acids is 2. The predicted molar refractivity (Wildman–Crippen MR) is 96.7 cm³/mol. The van der Waals surface area contributed by atoms with Gasteiger partial charge in [0.1, 0.15) is 0 Å². The highest BCUT2D eigenvalue weighted by atomic mass is 19.4. The molecule has 28 heavy (non-hydrogen) atoms. The van der Waals surface area contributed by atoms with E-state index in [0.717, 1.165) is 6.07 Å². The molecule has 2 amide bonds. The van der Waals surface area contributed by atoms with Gasteiger partial charge in [-0.05, 0) is 43.0 Å². The van der Waals surface area contributed by atoms with Gasteiger partial charge in [-0.2, -0.15) is 13.2 Å². The van der Waals surface area contributed by atoms with Crippen LogP contribution in [0.5, 0.6) is 0 Å². The van der Waals surface area contributed by atoms with Crippen molar-refractivity contribution < 1.29 is 22.8 Å². The van der Waals surface area contributed by atoms with Gasteiger partial charge in [0.25, 0.3) is 11.8 Å². The van der Waals surface area contributed by atoms with Gasteiger partial charge in [0.15, 0.2) is 0 Å². The number of fused-ring (bicyclic) bond motifs is 2. The van der Waals surface area contributed by atoms with Gasteiger partial charge in [-0.15, -0.1) is 0 Å². The largest absolute Gasteiger partial charge is 0.417 e. The lowest BCUT2D eigenvalue weighted by molar-refractivity contribution is -0.138. The van der Waals surface area contributed by atoms with Gasteiger partial charge < -0.3 is 10.2 Å². The molecule has 1 saturated carbocycles. The van der Waals surface area contributed by atoms with Gasteiger partial charge in [0.2, 0.25) is 0 Å². The van der Waals surface area contributed by atoms with E-state index in [9.17, 15) is 22.8 Å². The van der Waals surface area contributed by atoms with E-state index >= 15 is 0 Å². The van der Waals surface area contributed by atoms with Crippen molar-refractivity contribution in [2.75, 3.05) is 6.54 Å². The molecule has 146 valence electrons. The summed E-state index contributed by atoms with van der Waals surface area (Å²) in [7, 11) is 0. The molecule has 0 radical (unpaired) electrons. The molecular weight excluding hydrogens is 369 g/mol. The molecule has 2 aliphatic rings. The third kappa shape index (κ3) is 3.37. The molecule has 1 N–H and O–H groups in total. The highest BCUT2D eigenvalue weighted by Gasteiger charge is 2.48. The summed E-state index contributed by atoms with van der Waals surface area (Å²) in [6.45, 7) is 0.357. The minimum absolute atomic E-state index is 0.0552. The van der Waals surface area contributed by atoms with Crippen LogP contribution in [0.2, 0.25) is 0 Å². The topological polar surface area (TPSA) is 49.4 Å². The summed E-state index contributed by atoms with van der Waals surface area (Å²) < 4.78 is 39.7. The zero-order valence-corrected chi connectivity index (χ0v) is 14.9. The number of rotatable bonds is 3. The monoisotopic (exact) mass is 388 g/mol. The number of amides is 2. The second-order valence-electron chi connectivity index (χ2n) is 7.33. The van der Waals surface area contributed by atoms with E-state index in [-0.39, 0.29) is 29.5 Å². The quantitative estimate of drug-likeness (QED) is 0.871. The van der Waals surface area contributed by atoms with Crippen LogP contribution in [0.1, 0.15) is 39.1 Å². The van der Waals surface area contributed by atoms with E-state index < -0.39 is 17.6 Å². The number of piperidine rings is 1. The Morgan fingerprint density at radius 1 is 0.964 bits per heavy atom. The zero-order chi connectivity index (χ0) is 19.9. The lowest BCUT2D eigenvalue weighted by atomic mass is 10.0. The molecule has 4 rings (SSSR count). The van der Waals surface area contributed by atoms with Crippen LogP contribution in [0.15, 0.2) is 54.6 Å². The van der Waals surface area contributed by atoms with Crippen molar-refractivity contribution in [2.24, 2.45) is 5.92 Å². The Morgan fingerprint density at radius 2 is 1.64 bits per heavy atom. The molecule has 4 nitrogen and oxygen atoms in total. The van der Waals surface area contributed by atoms with Crippen LogP contribution in [-0.4, -0.2) is 35.3 Å². The van der Waals surface area contributed by atoms with Crippen molar-refractivity contribution in [1.29, 1.82) is 0 Å². The number of likely N-dealkylation sites (tertiary alicyclic amines) is 1. The number of nitrogens with zero attached hydrogens (tertiary/aromatic N) is 1. The lowest BCUT2D eigenvalue weighted by Gasteiger charge is -2.32. The van der Waals surface area contributed by atoms with Crippen LogP contribution in [0.25, 0.3) is 0 Å². The van der Waals surface area contributed by atoms with Gasteiger partial charge in [-0.25, -0.2) is 0 Å². The number of nitrogens with one attached hydrogen (secondary N) is 1. The van der Waals surface area contributed by atoms with Crippen molar-refractivity contribution >= 4 is 11.8 Å². The second-order valence-corrected chi connectivity index (χ2v) is 7.33. The average Bonchev–Trinajstić information content (AvgIpc) is 3.28. The Morgan fingerprint density at radius 3 is 2.29 bits per heavy atom. The Labute approximate surface area is 160 Å². The van der Waals surface area contributed by atoms with Crippen molar-refractivity contribution in [3.8, 4) is 0 Å². The number of carbonyl (C=O) groups is 2. The third-order valence-electron chi connectivity index (χ3n) is 5.62. The highest BCUT2D eigenvalue weighted by molar-refractivity contribution is 5.97. The van der Waals surface area contributed by atoms with E-state index in [1.807, 2.05) is 6.07 Å². The van der Waals surface area contributed by atoms with E-state index in [4.69, 9.17) is 0 Å². The average molecular weight is 388 g/mol. The molecular formula is C21H19F3N2O2. The number of hydrogen-bond acceptors (Lipinski definition) is 2. The van der Waals surface area contributed by atoms with E-state index in [1.165, 1.54) is 23.1 Å². The number of benzene rings is 2. The normalized spacial score (nSPS) is 23.7. The van der Waals surface area contributed by atoms with Gasteiger partial charge in [0.05, 0.1) is 11.1 Å². The molecule has 2 bridgehead atoms. The van der Waals surface area contributed by atoms with Crippen LogP contribution in [0.4, 0.5) is 13.2 Å². The fourth-order valence-corrected chi connectivity index (χ4v) is 4.29. The van der Waals surface area contributed by atoms with Crippen LogP contribution in [0.3, 0.4) is 0 Å². The predicted octanol–water partition coefficient (Wildman–Crippen LogP) is 3.74. The first kappa shape index (κ1) is 18.5. The summed E-state index contributed by atoms with van der Waals surface area (Å²) in [5.41, 5.74) is -0.651.